The second kappa shape index (κ2) is 4.56. The highest BCUT2D eigenvalue weighted by Crippen LogP contribution is 1.92. The summed E-state index contributed by atoms with van der Waals surface area (Å²) in [5.74, 6) is -1.07. The molecule has 0 aliphatic carbocycles. The maximum absolute atomic E-state index is 10.4. The van der Waals surface area contributed by atoms with Gasteiger partial charge in [-0.15, -0.1) is 5.10 Å². The van der Waals surface area contributed by atoms with Crippen LogP contribution in [0.5, 0.6) is 0 Å². The van der Waals surface area contributed by atoms with E-state index in [1.54, 1.807) is 0 Å². The van der Waals surface area contributed by atoms with Gasteiger partial charge in [0.2, 0.25) is 0 Å². The monoisotopic (exact) mass is 185 g/mol. The Morgan fingerprint density at radius 3 is 3.08 bits per heavy atom. The molecule has 0 aliphatic rings. The van der Waals surface area contributed by atoms with Crippen LogP contribution in [-0.4, -0.2) is 39.3 Å². The molecule has 0 amide bonds. The van der Waals surface area contributed by atoms with Crippen LogP contribution in [0, 0.1) is 0 Å². The summed E-state index contributed by atoms with van der Waals surface area (Å²) in [6.07, 6.45) is 1.38. The van der Waals surface area contributed by atoms with Crippen LogP contribution in [0.3, 0.4) is 0 Å². The lowest BCUT2D eigenvalue weighted by atomic mass is 10.5. The summed E-state index contributed by atoms with van der Waals surface area (Å²) >= 11 is 0. The van der Waals surface area contributed by atoms with Crippen molar-refractivity contribution in [3.8, 4) is 0 Å². The van der Waals surface area contributed by atoms with Crippen molar-refractivity contribution in [1.29, 1.82) is 0 Å². The zero-order valence-electron chi connectivity index (χ0n) is 7.30. The maximum Gasteiger partial charge on any atom is 0.358 e. The number of carboxylic acid groups (broad SMARTS) is 1. The van der Waals surface area contributed by atoms with Gasteiger partial charge in [-0.3, -0.25) is 0 Å². The van der Waals surface area contributed by atoms with Crippen LogP contribution in [0.2, 0.25) is 0 Å². The first-order valence-corrected chi connectivity index (χ1v) is 3.95. The van der Waals surface area contributed by atoms with E-state index in [-0.39, 0.29) is 5.69 Å². The minimum atomic E-state index is -1.07. The highest BCUT2D eigenvalue weighted by Gasteiger charge is 2.07. The number of carbonyl (C=O) groups is 1. The molecular formula is C7H11N3O3. The molecule has 0 radical (unpaired) electrons. The van der Waals surface area contributed by atoms with Gasteiger partial charge in [0.1, 0.15) is 0 Å². The van der Waals surface area contributed by atoms with Crippen molar-refractivity contribution in [1.82, 2.24) is 15.0 Å². The van der Waals surface area contributed by atoms with Gasteiger partial charge in [0.25, 0.3) is 0 Å². The lowest BCUT2D eigenvalue weighted by Crippen LogP contribution is -2.06. The van der Waals surface area contributed by atoms with Gasteiger partial charge in [0, 0.05) is 6.61 Å². The largest absolute Gasteiger partial charge is 0.476 e. The third-order valence-corrected chi connectivity index (χ3v) is 1.43. The normalized spacial score (nSPS) is 10.2. The fourth-order valence-electron chi connectivity index (χ4n) is 0.808. The highest BCUT2D eigenvalue weighted by atomic mass is 16.5. The van der Waals surface area contributed by atoms with Crippen LogP contribution in [0.1, 0.15) is 17.4 Å². The van der Waals surface area contributed by atoms with E-state index in [0.29, 0.717) is 19.8 Å². The summed E-state index contributed by atoms with van der Waals surface area (Å²) in [7, 11) is 0. The first-order valence-electron chi connectivity index (χ1n) is 3.95. The third-order valence-electron chi connectivity index (χ3n) is 1.43. The summed E-state index contributed by atoms with van der Waals surface area (Å²) < 4.78 is 6.51. The predicted octanol–water partition coefficient (Wildman–Crippen LogP) is 0.0128. The quantitative estimate of drug-likeness (QED) is 0.654. The molecule has 1 N–H and O–H groups in total. The summed E-state index contributed by atoms with van der Waals surface area (Å²) in [5.41, 5.74) is -0.0449. The molecule has 6 nitrogen and oxygen atoms in total. The zero-order chi connectivity index (χ0) is 9.68. The van der Waals surface area contributed by atoms with E-state index < -0.39 is 5.97 Å². The Labute approximate surface area is 75.1 Å². The molecule has 0 aromatic carbocycles. The Morgan fingerprint density at radius 2 is 2.54 bits per heavy atom. The summed E-state index contributed by atoms with van der Waals surface area (Å²) in [4.78, 5) is 10.4. The molecule has 0 fully saturated rings. The molecule has 0 spiro atoms. The molecule has 1 rings (SSSR count). The van der Waals surface area contributed by atoms with Crippen LogP contribution in [0.4, 0.5) is 0 Å². The fourth-order valence-corrected chi connectivity index (χ4v) is 0.808. The van der Waals surface area contributed by atoms with E-state index >= 15 is 0 Å². The van der Waals surface area contributed by atoms with Crippen molar-refractivity contribution in [3.63, 3.8) is 0 Å². The van der Waals surface area contributed by atoms with Gasteiger partial charge in [-0.25, -0.2) is 9.48 Å². The lowest BCUT2D eigenvalue weighted by Gasteiger charge is -1.98. The van der Waals surface area contributed by atoms with Crippen LogP contribution < -0.4 is 0 Å². The van der Waals surface area contributed by atoms with E-state index in [1.165, 1.54) is 10.9 Å². The Kier molecular flexibility index (Phi) is 3.39. The average Bonchev–Trinajstić information content (AvgIpc) is 2.53. The lowest BCUT2D eigenvalue weighted by molar-refractivity contribution is 0.0690. The third kappa shape index (κ3) is 2.83. The van der Waals surface area contributed by atoms with E-state index in [0.717, 1.165) is 0 Å². The van der Waals surface area contributed by atoms with Gasteiger partial charge in [-0.05, 0) is 6.92 Å². The number of nitrogens with zero attached hydrogens (tertiary/aromatic N) is 3. The molecule has 1 heterocycles. The minimum Gasteiger partial charge on any atom is -0.476 e. The van der Waals surface area contributed by atoms with Gasteiger partial charge in [-0.1, -0.05) is 5.21 Å². The van der Waals surface area contributed by atoms with Gasteiger partial charge in [-0.2, -0.15) is 0 Å². The molecule has 0 atom stereocenters. The Hall–Kier alpha value is -1.43. The Balaban J connectivity index is 2.44. The summed E-state index contributed by atoms with van der Waals surface area (Å²) in [6, 6.07) is 0. The number of hydrogen-bond donors (Lipinski definition) is 1. The van der Waals surface area contributed by atoms with Gasteiger partial charge in [0.15, 0.2) is 5.69 Å². The molecule has 0 saturated heterocycles. The number of aromatic nitrogens is 3. The van der Waals surface area contributed by atoms with Crippen LogP contribution in [-0.2, 0) is 11.3 Å². The topological polar surface area (TPSA) is 77.2 Å². The van der Waals surface area contributed by atoms with E-state index in [4.69, 9.17) is 9.84 Å². The second-order valence-electron chi connectivity index (χ2n) is 2.37. The second-order valence-corrected chi connectivity index (χ2v) is 2.37. The molecule has 0 aliphatic heterocycles. The number of rotatable bonds is 5. The van der Waals surface area contributed by atoms with Gasteiger partial charge >= 0.3 is 5.97 Å². The van der Waals surface area contributed by atoms with Crippen molar-refractivity contribution in [2.24, 2.45) is 0 Å². The summed E-state index contributed by atoms with van der Waals surface area (Å²) in [6.45, 7) is 3.57. The Morgan fingerprint density at radius 1 is 1.77 bits per heavy atom. The molecule has 0 unspecified atom stereocenters. The van der Waals surface area contributed by atoms with Crippen molar-refractivity contribution in [2.45, 2.75) is 13.5 Å². The zero-order valence-corrected chi connectivity index (χ0v) is 7.30. The van der Waals surface area contributed by atoms with Gasteiger partial charge in [0.05, 0.1) is 19.3 Å². The van der Waals surface area contributed by atoms with Crippen molar-refractivity contribution in [3.05, 3.63) is 11.9 Å². The first kappa shape index (κ1) is 9.66. The molecule has 13 heavy (non-hydrogen) atoms. The smallest absolute Gasteiger partial charge is 0.358 e. The van der Waals surface area contributed by atoms with E-state index in [2.05, 4.69) is 10.3 Å². The number of ether oxygens (including phenoxy) is 1. The molecule has 1 aromatic rings. The van der Waals surface area contributed by atoms with Crippen LogP contribution in [0.25, 0.3) is 0 Å². The molecule has 6 heteroatoms. The van der Waals surface area contributed by atoms with E-state index in [1.807, 2.05) is 6.92 Å². The Bertz CT molecular complexity index is 284. The van der Waals surface area contributed by atoms with Crippen LogP contribution >= 0.6 is 0 Å². The maximum atomic E-state index is 10.4. The van der Waals surface area contributed by atoms with Crippen LogP contribution in [0.15, 0.2) is 6.20 Å². The van der Waals surface area contributed by atoms with Crippen molar-refractivity contribution in [2.75, 3.05) is 13.2 Å². The fraction of sp³-hybridized carbons (Fsp3) is 0.571. The highest BCUT2D eigenvalue weighted by molar-refractivity contribution is 5.84. The van der Waals surface area contributed by atoms with Crippen molar-refractivity contribution < 1.29 is 14.6 Å². The predicted molar refractivity (Wildman–Crippen MR) is 43.5 cm³/mol. The number of carboxylic acids is 1. The summed E-state index contributed by atoms with van der Waals surface area (Å²) in [5, 5.41) is 15.6. The average molecular weight is 185 g/mol. The van der Waals surface area contributed by atoms with E-state index in [9.17, 15) is 4.79 Å². The first-order chi connectivity index (χ1) is 6.24. The molecule has 0 bridgehead atoms. The molecule has 0 saturated carbocycles. The SMILES string of the molecule is CCOCCn1cc(C(=O)O)nn1. The molecule has 72 valence electrons. The van der Waals surface area contributed by atoms with Crippen molar-refractivity contribution >= 4 is 5.97 Å². The standard InChI is InChI=1S/C7H11N3O3/c1-2-13-4-3-10-5-6(7(11)12)8-9-10/h5H,2-4H2,1H3,(H,11,12). The minimum absolute atomic E-state index is 0.0449. The number of aromatic carboxylic acids is 1. The molecular weight excluding hydrogens is 174 g/mol. The number of hydrogen-bond acceptors (Lipinski definition) is 4. The molecule has 1 aromatic heterocycles. The van der Waals surface area contributed by atoms with Gasteiger partial charge < -0.3 is 9.84 Å².